The molecule has 2 rings (SSSR count). The Kier molecular flexibility index (Phi) is 2.39. The fraction of sp³-hybridized carbons (Fsp3) is 1.00. The molecule has 0 radical (unpaired) electrons. The first-order chi connectivity index (χ1) is 6.14. The van der Waals surface area contributed by atoms with E-state index in [1.54, 1.807) is 0 Å². The van der Waals surface area contributed by atoms with Crippen LogP contribution in [-0.4, -0.2) is 5.54 Å². The molecular weight excluding hydrogens is 158 g/mol. The molecular formula is C12H23N. The number of hydrogen-bond donors (Lipinski definition) is 1. The van der Waals surface area contributed by atoms with E-state index < -0.39 is 0 Å². The maximum Gasteiger partial charge on any atom is 0.0188 e. The fourth-order valence-electron chi connectivity index (χ4n) is 3.53. The second kappa shape index (κ2) is 3.27. The largest absolute Gasteiger partial charge is 0.325 e. The van der Waals surface area contributed by atoms with E-state index in [1.165, 1.54) is 38.5 Å². The summed E-state index contributed by atoms with van der Waals surface area (Å²) < 4.78 is 0. The first kappa shape index (κ1) is 9.51. The van der Waals surface area contributed by atoms with Crippen LogP contribution < -0.4 is 5.73 Å². The summed E-state index contributed by atoms with van der Waals surface area (Å²) in [7, 11) is 0. The minimum absolute atomic E-state index is 0.234. The molecule has 76 valence electrons. The summed E-state index contributed by atoms with van der Waals surface area (Å²) in [6, 6.07) is 0. The molecule has 0 amide bonds. The highest BCUT2D eigenvalue weighted by atomic mass is 14.8. The first-order valence-corrected chi connectivity index (χ1v) is 5.93. The van der Waals surface area contributed by atoms with Crippen LogP contribution in [0.3, 0.4) is 0 Å². The van der Waals surface area contributed by atoms with Gasteiger partial charge in [0.25, 0.3) is 0 Å². The lowest BCUT2D eigenvalue weighted by atomic mass is 9.76. The Bertz CT molecular complexity index is 190. The molecule has 4 atom stereocenters. The summed E-state index contributed by atoms with van der Waals surface area (Å²) in [5, 5.41) is 0. The van der Waals surface area contributed by atoms with Gasteiger partial charge >= 0.3 is 0 Å². The molecule has 2 aliphatic rings. The molecule has 0 saturated heterocycles. The van der Waals surface area contributed by atoms with Gasteiger partial charge in [-0.15, -0.1) is 0 Å². The predicted octanol–water partition coefficient (Wildman–Crippen LogP) is 2.94. The molecule has 2 N–H and O–H groups in total. The minimum atomic E-state index is 0.234. The molecule has 2 saturated carbocycles. The zero-order valence-corrected chi connectivity index (χ0v) is 9.05. The first-order valence-electron chi connectivity index (χ1n) is 5.93. The Morgan fingerprint density at radius 1 is 1.46 bits per heavy atom. The van der Waals surface area contributed by atoms with Crippen LogP contribution in [0.4, 0.5) is 0 Å². The highest BCUT2D eigenvalue weighted by Crippen LogP contribution is 2.51. The van der Waals surface area contributed by atoms with Crippen molar-refractivity contribution in [3.8, 4) is 0 Å². The lowest BCUT2D eigenvalue weighted by molar-refractivity contribution is 0.220. The van der Waals surface area contributed by atoms with E-state index in [9.17, 15) is 0 Å². The molecule has 0 aromatic rings. The SMILES string of the molecule is CCC(C)CC1(N)CC2CCC1C2. The maximum atomic E-state index is 6.52. The normalized spacial score (nSPS) is 45.5. The van der Waals surface area contributed by atoms with Crippen LogP contribution in [0.1, 0.15) is 52.4 Å². The molecule has 0 spiro atoms. The Labute approximate surface area is 82.1 Å². The van der Waals surface area contributed by atoms with Gasteiger partial charge in [-0.1, -0.05) is 26.7 Å². The van der Waals surface area contributed by atoms with Gasteiger partial charge in [-0.25, -0.2) is 0 Å². The average molecular weight is 181 g/mol. The van der Waals surface area contributed by atoms with Gasteiger partial charge in [-0.05, 0) is 43.4 Å². The van der Waals surface area contributed by atoms with Crippen molar-refractivity contribution >= 4 is 0 Å². The van der Waals surface area contributed by atoms with Gasteiger partial charge in [-0.2, -0.15) is 0 Å². The molecule has 0 heterocycles. The summed E-state index contributed by atoms with van der Waals surface area (Å²) in [4.78, 5) is 0. The number of fused-ring (bicyclic) bond motifs is 2. The summed E-state index contributed by atoms with van der Waals surface area (Å²) in [5.41, 5.74) is 6.76. The Balaban J connectivity index is 1.97. The third-order valence-electron chi connectivity index (χ3n) is 4.45. The van der Waals surface area contributed by atoms with Crippen molar-refractivity contribution in [2.24, 2.45) is 23.5 Å². The molecule has 1 heteroatoms. The number of hydrogen-bond acceptors (Lipinski definition) is 1. The predicted molar refractivity (Wildman–Crippen MR) is 56.4 cm³/mol. The van der Waals surface area contributed by atoms with E-state index in [2.05, 4.69) is 13.8 Å². The monoisotopic (exact) mass is 181 g/mol. The van der Waals surface area contributed by atoms with Gasteiger partial charge < -0.3 is 5.73 Å². The topological polar surface area (TPSA) is 26.0 Å². The van der Waals surface area contributed by atoms with Gasteiger partial charge in [0.2, 0.25) is 0 Å². The fourth-order valence-corrected chi connectivity index (χ4v) is 3.53. The van der Waals surface area contributed by atoms with Crippen molar-refractivity contribution in [1.29, 1.82) is 0 Å². The summed E-state index contributed by atoms with van der Waals surface area (Å²) in [6.07, 6.45) is 8.19. The highest BCUT2D eigenvalue weighted by molar-refractivity contribution is 5.04. The second-order valence-corrected chi connectivity index (χ2v) is 5.53. The van der Waals surface area contributed by atoms with Crippen LogP contribution in [0.15, 0.2) is 0 Å². The lowest BCUT2D eigenvalue weighted by Crippen LogP contribution is -2.46. The second-order valence-electron chi connectivity index (χ2n) is 5.53. The van der Waals surface area contributed by atoms with Crippen LogP contribution in [0, 0.1) is 17.8 Å². The summed E-state index contributed by atoms with van der Waals surface area (Å²) >= 11 is 0. The lowest BCUT2D eigenvalue weighted by Gasteiger charge is -2.36. The van der Waals surface area contributed by atoms with Crippen LogP contribution in [0.2, 0.25) is 0 Å². The van der Waals surface area contributed by atoms with Gasteiger partial charge in [0.05, 0.1) is 0 Å². The van der Waals surface area contributed by atoms with E-state index in [1.807, 2.05) is 0 Å². The van der Waals surface area contributed by atoms with Crippen molar-refractivity contribution in [2.45, 2.75) is 57.9 Å². The number of nitrogens with two attached hydrogens (primary N) is 1. The summed E-state index contributed by atoms with van der Waals surface area (Å²) in [5.74, 6) is 2.68. The molecule has 13 heavy (non-hydrogen) atoms. The molecule has 2 bridgehead atoms. The van der Waals surface area contributed by atoms with Gasteiger partial charge in [0.1, 0.15) is 0 Å². The van der Waals surface area contributed by atoms with E-state index in [0.717, 1.165) is 17.8 Å². The van der Waals surface area contributed by atoms with Crippen molar-refractivity contribution in [3.63, 3.8) is 0 Å². The van der Waals surface area contributed by atoms with Crippen LogP contribution >= 0.6 is 0 Å². The zero-order valence-electron chi connectivity index (χ0n) is 9.05. The van der Waals surface area contributed by atoms with E-state index in [0.29, 0.717) is 0 Å². The Morgan fingerprint density at radius 2 is 2.23 bits per heavy atom. The minimum Gasteiger partial charge on any atom is -0.325 e. The maximum absolute atomic E-state index is 6.52. The van der Waals surface area contributed by atoms with Crippen molar-refractivity contribution in [3.05, 3.63) is 0 Å². The van der Waals surface area contributed by atoms with Crippen molar-refractivity contribution in [1.82, 2.24) is 0 Å². The van der Waals surface area contributed by atoms with Gasteiger partial charge in [0, 0.05) is 5.54 Å². The Morgan fingerprint density at radius 3 is 2.69 bits per heavy atom. The Hall–Kier alpha value is -0.0400. The van der Waals surface area contributed by atoms with Crippen molar-refractivity contribution < 1.29 is 0 Å². The highest BCUT2D eigenvalue weighted by Gasteiger charge is 2.48. The molecule has 2 aliphatic carbocycles. The summed E-state index contributed by atoms with van der Waals surface area (Å²) in [6.45, 7) is 4.63. The smallest absolute Gasteiger partial charge is 0.0188 e. The third-order valence-corrected chi connectivity index (χ3v) is 4.45. The number of rotatable bonds is 3. The van der Waals surface area contributed by atoms with Crippen LogP contribution in [0.5, 0.6) is 0 Å². The zero-order chi connectivity index (χ0) is 9.47. The van der Waals surface area contributed by atoms with Crippen LogP contribution in [0.25, 0.3) is 0 Å². The van der Waals surface area contributed by atoms with Crippen LogP contribution in [-0.2, 0) is 0 Å². The van der Waals surface area contributed by atoms with E-state index in [4.69, 9.17) is 5.73 Å². The molecule has 1 nitrogen and oxygen atoms in total. The molecule has 4 unspecified atom stereocenters. The van der Waals surface area contributed by atoms with Gasteiger partial charge in [0.15, 0.2) is 0 Å². The van der Waals surface area contributed by atoms with E-state index >= 15 is 0 Å². The van der Waals surface area contributed by atoms with Crippen molar-refractivity contribution in [2.75, 3.05) is 0 Å². The molecule has 0 aromatic carbocycles. The van der Waals surface area contributed by atoms with E-state index in [-0.39, 0.29) is 5.54 Å². The standard InChI is InChI=1S/C12H23N/c1-3-9(2)7-12(13)8-10-4-5-11(12)6-10/h9-11H,3-8,13H2,1-2H3. The average Bonchev–Trinajstić information content (AvgIpc) is 2.62. The molecule has 0 aromatic heterocycles. The third kappa shape index (κ3) is 1.63. The molecule has 0 aliphatic heterocycles. The molecule has 2 fully saturated rings. The quantitative estimate of drug-likeness (QED) is 0.711. The van der Waals surface area contributed by atoms with Gasteiger partial charge in [-0.3, -0.25) is 0 Å².